The number of benzene rings is 3. The number of carbonyl (C=O) groups is 1. The van der Waals surface area contributed by atoms with Crippen molar-refractivity contribution < 1.29 is 9.53 Å². The molecule has 5 aromatic rings. The van der Waals surface area contributed by atoms with Crippen molar-refractivity contribution in [3.63, 3.8) is 0 Å². The third-order valence-electron chi connectivity index (χ3n) is 7.00. The number of amides is 1. The Morgan fingerprint density at radius 1 is 1.07 bits per heavy atom. The Morgan fingerprint density at radius 2 is 1.81 bits per heavy atom. The highest BCUT2D eigenvalue weighted by atomic mass is 79.9. The van der Waals surface area contributed by atoms with Crippen molar-refractivity contribution in [3.8, 4) is 11.4 Å². The summed E-state index contributed by atoms with van der Waals surface area (Å²) in [4.78, 5) is 30.5. The fourth-order valence-electron chi connectivity index (χ4n) is 4.82. The monoisotopic (exact) mass is 659 g/mol. The molecule has 0 bridgehead atoms. The summed E-state index contributed by atoms with van der Waals surface area (Å²) in [6.07, 6.45) is 4.27. The quantitative estimate of drug-likeness (QED) is 0.158. The fraction of sp³-hybridized carbons (Fsp3) is 0.212. The first kappa shape index (κ1) is 30.3. The molecule has 0 fully saturated rings. The zero-order chi connectivity index (χ0) is 30.5. The number of ether oxygens (including phenoxy) is 1. The highest BCUT2D eigenvalue weighted by Gasteiger charge is 2.13. The van der Waals surface area contributed by atoms with Crippen LogP contribution in [0.2, 0.25) is 5.02 Å². The second kappa shape index (κ2) is 13.4. The Morgan fingerprint density at radius 3 is 2.53 bits per heavy atom. The molecule has 2 aromatic heterocycles. The number of nitrogens with zero attached hydrogens (tertiary/aromatic N) is 4. The van der Waals surface area contributed by atoms with Crippen molar-refractivity contribution >= 4 is 56.2 Å². The van der Waals surface area contributed by atoms with Gasteiger partial charge in [0.05, 0.1) is 17.1 Å². The molecule has 0 spiro atoms. The summed E-state index contributed by atoms with van der Waals surface area (Å²) in [7, 11) is 0. The van der Waals surface area contributed by atoms with Gasteiger partial charge in [0.25, 0.3) is 11.5 Å². The number of halogens is 2. The molecule has 2 heterocycles. The summed E-state index contributed by atoms with van der Waals surface area (Å²) in [5.74, 6) is 0.955. The first-order valence-corrected chi connectivity index (χ1v) is 15.1. The highest BCUT2D eigenvalue weighted by Crippen LogP contribution is 2.23. The van der Waals surface area contributed by atoms with E-state index in [4.69, 9.17) is 21.3 Å². The van der Waals surface area contributed by atoms with E-state index in [0.717, 1.165) is 40.0 Å². The van der Waals surface area contributed by atoms with Crippen LogP contribution in [-0.4, -0.2) is 33.0 Å². The number of fused-ring (bicyclic) bond motifs is 1. The van der Waals surface area contributed by atoms with E-state index in [2.05, 4.69) is 37.8 Å². The summed E-state index contributed by atoms with van der Waals surface area (Å²) in [5, 5.41) is 8.53. The van der Waals surface area contributed by atoms with Gasteiger partial charge in [0, 0.05) is 44.2 Å². The summed E-state index contributed by atoms with van der Waals surface area (Å²) in [6, 6.07) is 22.0. The maximum atomic E-state index is 13.4. The lowest BCUT2D eigenvalue weighted by Gasteiger charge is -2.12. The normalized spacial score (nSPS) is 11.4. The van der Waals surface area contributed by atoms with Crippen LogP contribution in [0.5, 0.6) is 5.75 Å². The Kier molecular flexibility index (Phi) is 9.43. The number of anilines is 1. The molecule has 1 amide bonds. The fourth-order valence-corrected chi connectivity index (χ4v) is 5.30. The molecule has 0 atom stereocenters. The molecule has 0 unspecified atom stereocenters. The van der Waals surface area contributed by atoms with E-state index < -0.39 is 0 Å². The molecule has 1 N–H and O–H groups in total. The largest absolute Gasteiger partial charge is 0.484 e. The standard InChI is InChI=1S/C33H31BrClN5O3/c1-4-5-6-31-38-30-16-7-24(34)18-29(30)33(42)40(31)36-19-23-17-21(2)39(22(23)3)27-12-14-28(15-13-27)43-20-32(41)37-26-10-8-25(35)9-11-26/h7-19H,4-6,20H2,1-3H3,(H,37,41). The molecular weight excluding hydrogens is 630 g/mol. The maximum absolute atomic E-state index is 13.4. The molecule has 10 heteroatoms. The van der Waals surface area contributed by atoms with Crippen LogP contribution in [0.3, 0.4) is 0 Å². The average Bonchev–Trinajstić information content (AvgIpc) is 3.28. The van der Waals surface area contributed by atoms with Gasteiger partial charge in [0.15, 0.2) is 6.61 Å². The van der Waals surface area contributed by atoms with Gasteiger partial charge in [-0.25, -0.2) is 4.98 Å². The minimum absolute atomic E-state index is 0.121. The van der Waals surface area contributed by atoms with E-state index in [1.54, 1.807) is 36.5 Å². The van der Waals surface area contributed by atoms with Crippen LogP contribution < -0.4 is 15.6 Å². The molecule has 0 aliphatic carbocycles. The highest BCUT2D eigenvalue weighted by molar-refractivity contribution is 9.10. The first-order chi connectivity index (χ1) is 20.7. The Bertz CT molecular complexity index is 1860. The van der Waals surface area contributed by atoms with Crippen molar-refractivity contribution in [2.24, 2.45) is 5.10 Å². The van der Waals surface area contributed by atoms with E-state index in [9.17, 15) is 9.59 Å². The predicted octanol–water partition coefficient (Wildman–Crippen LogP) is 7.46. The average molecular weight is 661 g/mol. The van der Waals surface area contributed by atoms with Crippen molar-refractivity contribution in [2.75, 3.05) is 11.9 Å². The summed E-state index contributed by atoms with van der Waals surface area (Å²) in [6.45, 7) is 6.02. The van der Waals surface area contributed by atoms with E-state index in [0.29, 0.717) is 39.6 Å². The van der Waals surface area contributed by atoms with Crippen molar-refractivity contribution in [3.05, 3.63) is 115 Å². The number of unbranched alkanes of at least 4 members (excludes halogenated alkanes) is 1. The SMILES string of the molecule is CCCCc1nc2ccc(Br)cc2c(=O)n1N=Cc1cc(C)n(-c2ccc(OCC(=O)Nc3ccc(Cl)cc3)cc2)c1C. The zero-order valence-electron chi connectivity index (χ0n) is 24.1. The molecule has 0 saturated heterocycles. The van der Waals surface area contributed by atoms with Gasteiger partial charge in [-0.3, -0.25) is 9.59 Å². The van der Waals surface area contributed by atoms with Crippen LogP contribution >= 0.6 is 27.5 Å². The van der Waals surface area contributed by atoms with Gasteiger partial charge >= 0.3 is 0 Å². The van der Waals surface area contributed by atoms with Crippen molar-refractivity contribution in [1.82, 2.24) is 14.2 Å². The topological polar surface area (TPSA) is 90.5 Å². The number of aromatic nitrogens is 3. The van der Waals surface area contributed by atoms with Crippen molar-refractivity contribution in [2.45, 2.75) is 40.0 Å². The Hall–Kier alpha value is -4.21. The molecule has 8 nitrogen and oxygen atoms in total. The van der Waals surface area contributed by atoms with E-state index in [1.165, 1.54) is 4.68 Å². The molecule has 0 aliphatic rings. The first-order valence-electron chi connectivity index (χ1n) is 14.0. The van der Waals surface area contributed by atoms with Crippen LogP contribution in [0, 0.1) is 13.8 Å². The van der Waals surface area contributed by atoms with Crippen LogP contribution in [0.25, 0.3) is 16.6 Å². The van der Waals surface area contributed by atoms with Gasteiger partial charge in [-0.1, -0.05) is 40.9 Å². The van der Waals surface area contributed by atoms with Gasteiger partial charge in [-0.2, -0.15) is 9.78 Å². The molecule has 43 heavy (non-hydrogen) atoms. The summed E-state index contributed by atoms with van der Waals surface area (Å²) >= 11 is 9.35. The molecule has 3 aromatic carbocycles. The van der Waals surface area contributed by atoms with E-state index >= 15 is 0 Å². The van der Waals surface area contributed by atoms with Gasteiger partial charge in [-0.05, 0) is 93.1 Å². The second-order valence-corrected chi connectivity index (χ2v) is 11.5. The van der Waals surface area contributed by atoms with Crippen LogP contribution in [0.1, 0.15) is 42.5 Å². The summed E-state index contributed by atoms with van der Waals surface area (Å²) in [5.41, 5.74) is 4.92. The van der Waals surface area contributed by atoms with Crippen molar-refractivity contribution in [1.29, 1.82) is 0 Å². The smallest absolute Gasteiger partial charge is 0.282 e. The van der Waals surface area contributed by atoms with Gasteiger partial charge in [-0.15, -0.1) is 0 Å². The third kappa shape index (κ3) is 7.06. The lowest BCUT2D eigenvalue weighted by molar-refractivity contribution is -0.118. The minimum atomic E-state index is -0.265. The third-order valence-corrected chi connectivity index (χ3v) is 7.75. The molecular formula is C33H31BrClN5O3. The van der Waals surface area contributed by atoms with Gasteiger partial charge in [0.1, 0.15) is 11.6 Å². The van der Waals surface area contributed by atoms with Crippen LogP contribution in [0.15, 0.2) is 87.2 Å². The van der Waals surface area contributed by atoms with E-state index in [-0.39, 0.29) is 18.1 Å². The lowest BCUT2D eigenvalue weighted by Crippen LogP contribution is -2.22. The van der Waals surface area contributed by atoms with Gasteiger partial charge in [0.2, 0.25) is 0 Å². The number of aryl methyl sites for hydroxylation is 2. The van der Waals surface area contributed by atoms with Gasteiger partial charge < -0.3 is 14.6 Å². The number of carbonyl (C=O) groups excluding carboxylic acids is 1. The van der Waals surface area contributed by atoms with Crippen LogP contribution in [-0.2, 0) is 11.2 Å². The summed E-state index contributed by atoms with van der Waals surface area (Å²) < 4.78 is 10.0. The van der Waals surface area contributed by atoms with Crippen LogP contribution in [0.4, 0.5) is 5.69 Å². The Balaban J connectivity index is 1.34. The zero-order valence-corrected chi connectivity index (χ0v) is 26.4. The molecule has 5 rings (SSSR count). The molecule has 0 radical (unpaired) electrons. The lowest BCUT2D eigenvalue weighted by atomic mass is 10.2. The number of rotatable bonds is 10. The number of hydrogen-bond acceptors (Lipinski definition) is 5. The number of hydrogen-bond donors (Lipinski definition) is 1. The second-order valence-electron chi connectivity index (χ2n) is 10.2. The molecule has 0 aliphatic heterocycles. The molecule has 0 saturated carbocycles. The minimum Gasteiger partial charge on any atom is -0.484 e. The predicted molar refractivity (Wildman–Crippen MR) is 176 cm³/mol. The maximum Gasteiger partial charge on any atom is 0.282 e. The van der Waals surface area contributed by atoms with E-state index in [1.807, 2.05) is 56.3 Å². The number of nitrogens with one attached hydrogen (secondary N) is 1. The Labute approximate surface area is 263 Å². The molecule has 220 valence electrons.